The number of benzene rings is 2. The molecule has 3 rings (SSSR count). The Morgan fingerprint density at radius 2 is 1.81 bits per heavy atom. The van der Waals surface area contributed by atoms with E-state index in [-0.39, 0.29) is 0 Å². The zero-order chi connectivity index (χ0) is 14.8. The maximum atomic E-state index is 3.50. The Kier molecular flexibility index (Phi) is 4.12. The molecule has 2 aromatic rings. The molecule has 0 bridgehead atoms. The predicted molar refractivity (Wildman–Crippen MR) is 89.9 cm³/mol. The Bertz CT molecular complexity index is 642. The molecule has 0 amide bonds. The quantitative estimate of drug-likeness (QED) is 0.880. The summed E-state index contributed by atoms with van der Waals surface area (Å²) in [5.41, 5.74) is 8.74. The molecular weight excluding hydrogens is 254 g/mol. The average molecular weight is 279 g/mol. The molecule has 1 nitrogen and oxygen atoms in total. The minimum atomic E-state index is 0.399. The first-order valence-electron chi connectivity index (χ1n) is 8.02. The van der Waals surface area contributed by atoms with E-state index in [2.05, 4.69) is 62.6 Å². The molecule has 0 heterocycles. The molecule has 1 atom stereocenters. The van der Waals surface area contributed by atoms with Gasteiger partial charge in [-0.25, -0.2) is 0 Å². The average Bonchev–Trinajstić information content (AvgIpc) is 2.95. The van der Waals surface area contributed by atoms with E-state index in [0.29, 0.717) is 6.04 Å². The molecule has 21 heavy (non-hydrogen) atoms. The van der Waals surface area contributed by atoms with Crippen LogP contribution in [0, 0.1) is 13.8 Å². The summed E-state index contributed by atoms with van der Waals surface area (Å²) < 4.78 is 0. The van der Waals surface area contributed by atoms with Gasteiger partial charge in [-0.2, -0.15) is 0 Å². The van der Waals surface area contributed by atoms with Crippen LogP contribution in [0.15, 0.2) is 36.4 Å². The Morgan fingerprint density at radius 3 is 2.62 bits per heavy atom. The van der Waals surface area contributed by atoms with Gasteiger partial charge in [0.1, 0.15) is 0 Å². The minimum Gasteiger partial charge on any atom is -0.313 e. The Morgan fingerprint density at radius 1 is 1.00 bits per heavy atom. The lowest BCUT2D eigenvalue weighted by molar-refractivity contribution is 0.590. The monoisotopic (exact) mass is 279 g/mol. The van der Waals surface area contributed by atoms with E-state index < -0.39 is 0 Å². The number of aryl methyl sites for hydroxylation is 4. The number of nitrogens with one attached hydrogen (secondary N) is 1. The number of hydrogen-bond acceptors (Lipinski definition) is 1. The van der Waals surface area contributed by atoms with Gasteiger partial charge in [-0.3, -0.25) is 0 Å². The second-order valence-corrected chi connectivity index (χ2v) is 6.36. The third kappa shape index (κ3) is 3.03. The fourth-order valence-electron chi connectivity index (χ4n) is 3.44. The lowest BCUT2D eigenvalue weighted by Crippen LogP contribution is -2.19. The second kappa shape index (κ2) is 6.03. The van der Waals surface area contributed by atoms with Crippen LogP contribution >= 0.6 is 0 Å². The highest BCUT2D eigenvalue weighted by atomic mass is 14.9. The van der Waals surface area contributed by atoms with Gasteiger partial charge in [-0.15, -0.1) is 0 Å². The third-order valence-electron chi connectivity index (χ3n) is 4.80. The Labute approximate surface area is 128 Å². The van der Waals surface area contributed by atoms with E-state index in [1.54, 1.807) is 11.1 Å². The topological polar surface area (TPSA) is 12.0 Å². The molecule has 0 aromatic heterocycles. The summed E-state index contributed by atoms with van der Waals surface area (Å²) in [7, 11) is 2.07. The molecule has 0 saturated heterocycles. The van der Waals surface area contributed by atoms with Gasteiger partial charge in [0.25, 0.3) is 0 Å². The molecule has 0 saturated carbocycles. The summed E-state index contributed by atoms with van der Waals surface area (Å²) in [6, 6.07) is 14.2. The van der Waals surface area contributed by atoms with Crippen molar-refractivity contribution in [3.8, 4) is 0 Å². The van der Waals surface area contributed by atoms with Crippen LogP contribution in [0.25, 0.3) is 0 Å². The van der Waals surface area contributed by atoms with Crippen molar-refractivity contribution in [2.45, 2.75) is 45.6 Å². The van der Waals surface area contributed by atoms with Crippen molar-refractivity contribution in [3.05, 3.63) is 69.8 Å². The predicted octanol–water partition coefficient (Wildman–Crippen LogP) is 4.30. The van der Waals surface area contributed by atoms with Gasteiger partial charge in [0.2, 0.25) is 0 Å². The van der Waals surface area contributed by atoms with Gasteiger partial charge >= 0.3 is 0 Å². The highest BCUT2D eigenvalue weighted by Gasteiger charge is 2.16. The zero-order valence-corrected chi connectivity index (χ0v) is 13.4. The normalized spacial score (nSPS) is 15.0. The van der Waals surface area contributed by atoms with Gasteiger partial charge in [0.15, 0.2) is 0 Å². The van der Waals surface area contributed by atoms with Crippen molar-refractivity contribution in [2.75, 3.05) is 7.05 Å². The molecule has 0 spiro atoms. The van der Waals surface area contributed by atoms with E-state index in [4.69, 9.17) is 0 Å². The van der Waals surface area contributed by atoms with Crippen LogP contribution in [-0.4, -0.2) is 7.05 Å². The van der Waals surface area contributed by atoms with Crippen molar-refractivity contribution in [2.24, 2.45) is 0 Å². The highest BCUT2D eigenvalue weighted by molar-refractivity contribution is 5.38. The molecular formula is C20H25N. The van der Waals surface area contributed by atoms with Gasteiger partial charge in [-0.05, 0) is 74.4 Å². The summed E-state index contributed by atoms with van der Waals surface area (Å²) in [6.07, 6.45) is 4.89. The van der Waals surface area contributed by atoms with Gasteiger partial charge in [0, 0.05) is 6.04 Å². The molecule has 1 aliphatic carbocycles. The molecule has 0 radical (unpaired) electrons. The van der Waals surface area contributed by atoms with Gasteiger partial charge in [0.05, 0.1) is 0 Å². The third-order valence-corrected chi connectivity index (χ3v) is 4.80. The van der Waals surface area contributed by atoms with E-state index in [1.165, 1.54) is 41.5 Å². The summed E-state index contributed by atoms with van der Waals surface area (Å²) >= 11 is 0. The number of hydrogen-bond donors (Lipinski definition) is 1. The molecule has 110 valence electrons. The molecule has 1 unspecified atom stereocenters. The van der Waals surface area contributed by atoms with Gasteiger partial charge < -0.3 is 5.32 Å². The summed E-state index contributed by atoms with van der Waals surface area (Å²) in [5.74, 6) is 0. The molecule has 2 aromatic carbocycles. The first-order valence-corrected chi connectivity index (χ1v) is 8.02. The van der Waals surface area contributed by atoms with Crippen LogP contribution in [-0.2, 0) is 19.3 Å². The number of rotatable bonds is 4. The maximum absolute atomic E-state index is 3.50. The Balaban J connectivity index is 1.86. The van der Waals surface area contributed by atoms with Gasteiger partial charge in [-0.1, -0.05) is 42.0 Å². The van der Waals surface area contributed by atoms with Crippen molar-refractivity contribution in [3.63, 3.8) is 0 Å². The van der Waals surface area contributed by atoms with Crippen molar-refractivity contribution < 1.29 is 0 Å². The van der Waals surface area contributed by atoms with Crippen LogP contribution in [0.1, 0.15) is 45.8 Å². The minimum absolute atomic E-state index is 0.399. The molecule has 0 fully saturated rings. The lowest BCUT2D eigenvalue weighted by atomic mass is 9.93. The second-order valence-electron chi connectivity index (χ2n) is 6.36. The standard InChI is InChI=1S/C20H25N/c1-14-7-8-15(2)19(11-14)13-20(21-3)18-10-9-16-5-4-6-17(16)12-18/h7-12,20-21H,4-6,13H2,1-3H3. The molecule has 1 N–H and O–H groups in total. The zero-order valence-electron chi connectivity index (χ0n) is 13.4. The fourth-order valence-corrected chi connectivity index (χ4v) is 3.44. The van der Waals surface area contributed by atoms with Crippen LogP contribution in [0.2, 0.25) is 0 Å². The number of likely N-dealkylation sites (N-methyl/N-ethyl adjacent to an activating group) is 1. The smallest absolute Gasteiger partial charge is 0.0358 e. The highest BCUT2D eigenvalue weighted by Crippen LogP contribution is 2.27. The van der Waals surface area contributed by atoms with E-state index in [0.717, 1.165) is 6.42 Å². The molecule has 1 heteroatoms. The lowest BCUT2D eigenvalue weighted by Gasteiger charge is -2.19. The summed E-state index contributed by atoms with van der Waals surface area (Å²) in [6.45, 7) is 4.39. The van der Waals surface area contributed by atoms with Crippen molar-refractivity contribution in [1.29, 1.82) is 0 Å². The van der Waals surface area contributed by atoms with E-state index in [9.17, 15) is 0 Å². The first-order chi connectivity index (χ1) is 10.2. The maximum Gasteiger partial charge on any atom is 0.0358 e. The summed E-state index contributed by atoms with van der Waals surface area (Å²) in [4.78, 5) is 0. The SMILES string of the molecule is CNC(Cc1cc(C)ccc1C)c1ccc2c(c1)CCC2. The Hall–Kier alpha value is -1.60. The largest absolute Gasteiger partial charge is 0.313 e. The van der Waals surface area contributed by atoms with Crippen molar-refractivity contribution in [1.82, 2.24) is 5.32 Å². The number of fused-ring (bicyclic) bond motifs is 1. The molecule has 0 aliphatic heterocycles. The molecule has 1 aliphatic rings. The van der Waals surface area contributed by atoms with Crippen LogP contribution < -0.4 is 5.32 Å². The summed E-state index contributed by atoms with van der Waals surface area (Å²) in [5, 5.41) is 3.50. The van der Waals surface area contributed by atoms with E-state index in [1.807, 2.05) is 0 Å². The van der Waals surface area contributed by atoms with E-state index >= 15 is 0 Å². The van der Waals surface area contributed by atoms with Crippen LogP contribution in [0.4, 0.5) is 0 Å². The van der Waals surface area contributed by atoms with Crippen molar-refractivity contribution >= 4 is 0 Å². The van der Waals surface area contributed by atoms with Crippen LogP contribution in [0.5, 0.6) is 0 Å². The first kappa shape index (κ1) is 14.3. The fraction of sp³-hybridized carbons (Fsp3) is 0.400. The van der Waals surface area contributed by atoms with Crippen LogP contribution in [0.3, 0.4) is 0 Å².